The molecule has 1 fully saturated rings. The lowest BCUT2D eigenvalue weighted by molar-refractivity contribution is -0.135. The third kappa shape index (κ3) is 4.71. The summed E-state index contributed by atoms with van der Waals surface area (Å²) in [6.07, 6.45) is 4.53. The smallest absolute Gasteiger partial charge is 0.237 e. The minimum atomic E-state index is 0.191. The first-order chi connectivity index (χ1) is 11.0. The molecule has 4 heteroatoms. The lowest BCUT2D eigenvalue weighted by Gasteiger charge is -2.33. The third-order valence-corrected chi connectivity index (χ3v) is 4.84. The predicted molar refractivity (Wildman–Crippen MR) is 93.7 cm³/mol. The fourth-order valence-electron chi connectivity index (χ4n) is 3.07. The van der Waals surface area contributed by atoms with Crippen LogP contribution in [0.15, 0.2) is 24.3 Å². The predicted octanol–water partition coefficient (Wildman–Crippen LogP) is 3.48. The van der Waals surface area contributed by atoms with Crippen molar-refractivity contribution in [3.05, 3.63) is 29.8 Å². The average molecular weight is 318 g/mol. The number of likely N-dealkylation sites (tertiary alicyclic amines) is 1. The number of nitrogens with zero attached hydrogens (tertiary/aromatic N) is 2. The topological polar surface area (TPSA) is 32.8 Å². The Hall–Kier alpha value is -1.55. The Bertz CT molecular complexity index is 499. The van der Waals surface area contributed by atoms with Crippen LogP contribution < -0.4 is 4.74 Å². The number of methoxy groups -OCH3 is 1. The van der Waals surface area contributed by atoms with E-state index in [9.17, 15) is 4.79 Å². The second-order valence-corrected chi connectivity index (χ2v) is 6.73. The summed E-state index contributed by atoms with van der Waals surface area (Å²) < 4.78 is 5.25. The quantitative estimate of drug-likeness (QED) is 0.833. The molecule has 1 heterocycles. The third-order valence-electron chi connectivity index (χ3n) is 4.84. The van der Waals surface area contributed by atoms with E-state index in [1.54, 1.807) is 7.11 Å². The van der Waals surface area contributed by atoms with E-state index in [1.165, 1.54) is 18.4 Å². The van der Waals surface area contributed by atoms with E-state index in [0.29, 0.717) is 12.6 Å². The number of amides is 1. The molecule has 1 saturated heterocycles. The van der Waals surface area contributed by atoms with Crippen LogP contribution in [0, 0.1) is 0 Å². The molecule has 0 N–H and O–H groups in total. The Morgan fingerprint density at radius 3 is 2.57 bits per heavy atom. The van der Waals surface area contributed by atoms with Crippen LogP contribution in [0.25, 0.3) is 0 Å². The molecule has 0 spiro atoms. The van der Waals surface area contributed by atoms with Crippen LogP contribution in [0.5, 0.6) is 5.75 Å². The molecule has 2 rings (SSSR count). The molecule has 4 nitrogen and oxygen atoms in total. The zero-order chi connectivity index (χ0) is 16.8. The highest BCUT2D eigenvalue weighted by molar-refractivity contribution is 5.78. The molecule has 1 aromatic carbocycles. The van der Waals surface area contributed by atoms with Gasteiger partial charge in [-0.2, -0.15) is 0 Å². The number of carbonyl (C=O) groups is 1. The van der Waals surface area contributed by atoms with Gasteiger partial charge in [-0.1, -0.05) is 25.0 Å². The first-order valence-electron chi connectivity index (χ1n) is 8.66. The van der Waals surface area contributed by atoms with Gasteiger partial charge < -0.3 is 9.64 Å². The van der Waals surface area contributed by atoms with Gasteiger partial charge >= 0.3 is 0 Å². The molecule has 0 saturated carbocycles. The fourth-order valence-corrected chi connectivity index (χ4v) is 3.07. The lowest BCUT2D eigenvalue weighted by atomic mass is 10.0. The number of hydrogen-bond acceptors (Lipinski definition) is 3. The van der Waals surface area contributed by atoms with Crippen LogP contribution in [0.2, 0.25) is 0 Å². The summed E-state index contributed by atoms with van der Waals surface area (Å²) in [5, 5.41) is 0. The molecule has 1 aliphatic rings. The molecule has 1 aliphatic heterocycles. The monoisotopic (exact) mass is 318 g/mol. The van der Waals surface area contributed by atoms with Gasteiger partial charge in [0.15, 0.2) is 0 Å². The van der Waals surface area contributed by atoms with Crippen molar-refractivity contribution in [2.75, 3.05) is 27.2 Å². The van der Waals surface area contributed by atoms with Crippen LogP contribution in [0.1, 0.15) is 51.1 Å². The number of benzene rings is 1. The molecule has 0 aliphatic carbocycles. The van der Waals surface area contributed by atoms with Gasteiger partial charge in [-0.15, -0.1) is 0 Å². The van der Waals surface area contributed by atoms with Crippen LogP contribution >= 0.6 is 0 Å². The molecular formula is C19H30N2O2. The highest BCUT2D eigenvalue weighted by Gasteiger charge is 2.27. The Morgan fingerprint density at radius 1 is 1.26 bits per heavy atom. The zero-order valence-corrected chi connectivity index (χ0v) is 14.9. The molecule has 0 bridgehead atoms. The molecule has 0 aromatic heterocycles. The largest absolute Gasteiger partial charge is 0.497 e. The molecule has 1 amide bonds. The number of carbonyl (C=O) groups excluding carboxylic acids is 1. The van der Waals surface area contributed by atoms with Gasteiger partial charge in [0.1, 0.15) is 5.75 Å². The number of rotatable bonds is 5. The van der Waals surface area contributed by atoms with E-state index in [2.05, 4.69) is 35.8 Å². The van der Waals surface area contributed by atoms with Crippen molar-refractivity contribution >= 4 is 5.91 Å². The van der Waals surface area contributed by atoms with Gasteiger partial charge in [-0.25, -0.2) is 0 Å². The average Bonchev–Trinajstić information content (AvgIpc) is 2.80. The van der Waals surface area contributed by atoms with Gasteiger partial charge in [-0.3, -0.25) is 9.69 Å². The van der Waals surface area contributed by atoms with Crippen LogP contribution in [-0.4, -0.2) is 49.0 Å². The Kier molecular flexibility index (Phi) is 6.46. The SMILES string of the molecule is COc1ccc(C2CCCCCN2C(=O)CN(C)C(C)C)cc1. The zero-order valence-electron chi connectivity index (χ0n) is 14.9. The van der Waals surface area contributed by atoms with Crippen molar-refractivity contribution in [2.24, 2.45) is 0 Å². The molecule has 1 atom stereocenters. The maximum Gasteiger partial charge on any atom is 0.237 e. The summed E-state index contributed by atoms with van der Waals surface area (Å²) >= 11 is 0. The van der Waals surface area contributed by atoms with E-state index in [-0.39, 0.29) is 11.9 Å². The summed E-state index contributed by atoms with van der Waals surface area (Å²) in [4.78, 5) is 17.0. The molecule has 128 valence electrons. The summed E-state index contributed by atoms with van der Waals surface area (Å²) in [5.41, 5.74) is 1.22. The molecule has 0 radical (unpaired) electrons. The van der Waals surface area contributed by atoms with Crippen LogP contribution in [-0.2, 0) is 4.79 Å². The number of ether oxygens (including phenoxy) is 1. The maximum absolute atomic E-state index is 12.8. The van der Waals surface area contributed by atoms with E-state index in [0.717, 1.165) is 25.1 Å². The van der Waals surface area contributed by atoms with Crippen molar-refractivity contribution in [2.45, 2.75) is 51.6 Å². The van der Waals surface area contributed by atoms with E-state index in [4.69, 9.17) is 4.74 Å². The first kappa shape index (κ1) is 17.8. The molecule has 1 aromatic rings. The van der Waals surface area contributed by atoms with E-state index in [1.807, 2.05) is 19.2 Å². The summed E-state index contributed by atoms with van der Waals surface area (Å²) in [6.45, 7) is 5.60. The summed E-state index contributed by atoms with van der Waals surface area (Å²) in [6, 6.07) is 8.75. The summed E-state index contributed by atoms with van der Waals surface area (Å²) in [5.74, 6) is 1.10. The Balaban J connectivity index is 2.16. The summed E-state index contributed by atoms with van der Waals surface area (Å²) in [7, 11) is 3.70. The van der Waals surface area contributed by atoms with E-state index >= 15 is 0 Å². The van der Waals surface area contributed by atoms with Gasteiger partial charge in [0.25, 0.3) is 0 Å². The minimum Gasteiger partial charge on any atom is -0.497 e. The van der Waals surface area contributed by atoms with Crippen LogP contribution in [0.4, 0.5) is 0 Å². The lowest BCUT2D eigenvalue weighted by Crippen LogP contribution is -2.42. The molecule has 1 unspecified atom stereocenters. The van der Waals surface area contributed by atoms with Gasteiger partial charge in [-0.05, 0) is 51.4 Å². The van der Waals surface area contributed by atoms with Crippen molar-refractivity contribution in [3.8, 4) is 5.75 Å². The van der Waals surface area contributed by atoms with Crippen molar-refractivity contribution in [1.82, 2.24) is 9.80 Å². The number of hydrogen-bond donors (Lipinski definition) is 0. The van der Waals surface area contributed by atoms with Crippen molar-refractivity contribution in [1.29, 1.82) is 0 Å². The normalized spacial score (nSPS) is 19.0. The van der Waals surface area contributed by atoms with E-state index < -0.39 is 0 Å². The van der Waals surface area contributed by atoms with Crippen LogP contribution in [0.3, 0.4) is 0 Å². The number of likely N-dealkylation sites (N-methyl/N-ethyl adjacent to an activating group) is 1. The van der Waals surface area contributed by atoms with Gasteiger partial charge in [0, 0.05) is 12.6 Å². The standard InChI is InChI=1S/C19H30N2O2/c1-15(2)20(3)14-19(22)21-13-7-5-6-8-18(21)16-9-11-17(23-4)12-10-16/h9-12,15,18H,5-8,13-14H2,1-4H3. The fraction of sp³-hybridized carbons (Fsp3) is 0.632. The van der Waals surface area contributed by atoms with Gasteiger partial charge in [0.05, 0.1) is 19.7 Å². The highest BCUT2D eigenvalue weighted by Crippen LogP contribution is 2.31. The van der Waals surface area contributed by atoms with Crippen molar-refractivity contribution in [3.63, 3.8) is 0 Å². The first-order valence-corrected chi connectivity index (χ1v) is 8.66. The second kappa shape index (κ2) is 8.34. The molecular weight excluding hydrogens is 288 g/mol. The Labute approximate surface area is 140 Å². The minimum absolute atomic E-state index is 0.191. The van der Waals surface area contributed by atoms with Crippen molar-refractivity contribution < 1.29 is 9.53 Å². The maximum atomic E-state index is 12.8. The van der Waals surface area contributed by atoms with Gasteiger partial charge in [0.2, 0.25) is 5.91 Å². The highest BCUT2D eigenvalue weighted by atomic mass is 16.5. The second-order valence-electron chi connectivity index (χ2n) is 6.73. The Morgan fingerprint density at radius 2 is 1.96 bits per heavy atom. The molecule has 23 heavy (non-hydrogen) atoms.